The van der Waals surface area contributed by atoms with E-state index in [1.54, 1.807) is 0 Å². The third kappa shape index (κ3) is 3.16. The Morgan fingerprint density at radius 2 is 2.16 bits per heavy atom. The van der Waals surface area contributed by atoms with Crippen LogP contribution in [0.3, 0.4) is 0 Å². The predicted octanol–water partition coefficient (Wildman–Crippen LogP) is 1.25. The van der Waals surface area contributed by atoms with Crippen molar-refractivity contribution in [1.82, 2.24) is 4.98 Å². The predicted molar refractivity (Wildman–Crippen MR) is 62.3 cm³/mol. The Bertz CT molecular complexity index is 498. The van der Waals surface area contributed by atoms with Gasteiger partial charge in [-0.2, -0.15) is 0 Å². The molecule has 0 amide bonds. The Balaban J connectivity index is 2.26. The lowest BCUT2D eigenvalue weighted by molar-refractivity contribution is -0.386. The fraction of sp³-hybridized carbons (Fsp3) is 0.455. The van der Waals surface area contributed by atoms with Crippen LogP contribution in [-0.2, 0) is 4.74 Å². The standard InChI is InChI=1S/C11H12N2O6/c14-11(15)8-1-2-9(13(16)17)10(12-8)19-7-3-5-18-6-4-7/h1-2,7H,3-6H2,(H,14,15). The number of carbonyl (C=O) groups is 1. The molecular formula is C11H12N2O6. The summed E-state index contributed by atoms with van der Waals surface area (Å²) >= 11 is 0. The first-order valence-electron chi connectivity index (χ1n) is 5.71. The monoisotopic (exact) mass is 268 g/mol. The van der Waals surface area contributed by atoms with Crippen LogP contribution in [0.15, 0.2) is 12.1 Å². The number of carboxylic acids is 1. The van der Waals surface area contributed by atoms with E-state index >= 15 is 0 Å². The van der Waals surface area contributed by atoms with Gasteiger partial charge in [0.15, 0.2) is 5.69 Å². The molecule has 1 aromatic heterocycles. The lowest BCUT2D eigenvalue weighted by Gasteiger charge is -2.22. The van der Waals surface area contributed by atoms with Gasteiger partial charge in [0.25, 0.3) is 5.88 Å². The molecule has 1 saturated heterocycles. The maximum Gasteiger partial charge on any atom is 0.354 e. The molecule has 8 heteroatoms. The minimum atomic E-state index is -1.26. The number of hydrogen-bond acceptors (Lipinski definition) is 6. The van der Waals surface area contributed by atoms with Gasteiger partial charge in [0, 0.05) is 18.9 Å². The van der Waals surface area contributed by atoms with Gasteiger partial charge < -0.3 is 14.6 Å². The highest BCUT2D eigenvalue weighted by Crippen LogP contribution is 2.27. The molecule has 2 heterocycles. The molecule has 0 spiro atoms. The van der Waals surface area contributed by atoms with Gasteiger partial charge in [0.1, 0.15) is 6.10 Å². The SMILES string of the molecule is O=C(O)c1ccc([N+](=O)[O-])c(OC2CCOCC2)n1. The Kier molecular flexibility index (Phi) is 3.91. The van der Waals surface area contributed by atoms with Gasteiger partial charge in [-0.1, -0.05) is 0 Å². The van der Waals surface area contributed by atoms with E-state index in [0.717, 1.165) is 12.1 Å². The number of pyridine rings is 1. The summed E-state index contributed by atoms with van der Waals surface area (Å²) in [5, 5.41) is 19.7. The molecule has 2 rings (SSSR count). The zero-order valence-electron chi connectivity index (χ0n) is 9.94. The number of carboxylic acid groups (broad SMARTS) is 1. The molecule has 1 fully saturated rings. The van der Waals surface area contributed by atoms with Crippen molar-refractivity contribution >= 4 is 11.7 Å². The van der Waals surface area contributed by atoms with Crippen LogP contribution in [0.25, 0.3) is 0 Å². The fourth-order valence-electron chi connectivity index (χ4n) is 1.73. The van der Waals surface area contributed by atoms with Crippen molar-refractivity contribution in [2.45, 2.75) is 18.9 Å². The minimum Gasteiger partial charge on any atom is -0.477 e. The van der Waals surface area contributed by atoms with Crippen LogP contribution in [0.4, 0.5) is 5.69 Å². The minimum absolute atomic E-state index is 0.246. The molecule has 8 nitrogen and oxygen atoms in total. The number of ether oxygens (including phenoxy) is 2. The van der Waals surface area contributed by atoms with E-state index in [0.29, 0.717) is 26.1 Å². The normalized spacial score (nSPS) is 16.0. The molecule has 0 unspecified atom stereocenters. The molecule has 0 bridgehead atoms. The van der Waals surface area contributed by atoms with E-state index in [-0.39, 0.29) is 23.4 Å². The highest BCUT2D eigenvalue weighted by molar-refractivity contribution is 5.85. The molecular weight excluding hydrogens is 256 g/mol. The van der Waals surface area contributed by atoms with Crippen molar-refractivity contribution < 1.29 is 24.3 Å². The third-order valence-corrected chi connectivity index (χ3v) is 2.70. The molecule has 1 aliphatic rings. The summed E-state index contributed by atoms with van der Waals surface area (Å²) in [6.07, 6.45) is 0.940. The Morgan fingerprint density at radius 3 is 2.74 bits per heavy atom. The zero-order valence-corrected chi connectivity index (χ0v) is 9.94. The van der Waals surface area contributed by atoms with Crippen LogP contribution in [0.1, 0.15) is 23.3 Å². The van der Waals surface area contributed by atoms with Crippen molar-refractivity contribution in [1.29, 1.82) is 0 Å². The first-order valence-corrected chi connectivity index (χ1v) is 5.71. The van der Waals surface area contributed by atoms with E-state index in [1.807, 2.05) is 0 Å². The first kappa shape index (κ1) is 13.2. The maximum atomic E-state index is 10.9. The Morgan fingerprint density at radius 1 is 1.47 bits per heavy atom. The second-order valence-electron chi connectivity index (χ2n) is 4.01. The van der Waals surface area contributed by atoms with Gasteiger partial charge in [-0.25, -0.2) is 9.78 Å². The van der Waals surface area contributed by atoms with E-state index in [9.17, 15) is 14.9 Å². The molecule has 1 aliphatic heterocycles. The van der Waals surface area contributed by atoms with Crippen LogP contribution in [0.2, 0.25) is 0 Å². The first-order chi connectivity index (χ1) is 9.08. The Hall–Kier alpha value is -2.22. The molecule has 0 atom stereocenters. The summed E-state index contributed by atoms with van der Waals surface area (Å²) in [5.74, 6) is -1.51. The number of hydrogen-bond donors (Lipinski definition) is 1. The van der Waals surface area contributed by atoms with E-state index in [1.165, 1.54) is 0 Å². The smallest absolute Gasteiger partial charge is 0.354 e. The number of nitro groups is 1. The summed E-state index contributed by atoms with van der Waals surface area (Å²) in [6, 6.07) is 2.17. The number of aromatic nitrogens is 1. The molecule has 0 aliphatic carbocycles. The van der Waals surface area contributed by atoms with Crippen LogP contribution in [0.5, 0.6) is 5.88 Å². The molecule has 102 valence electrons. The molecule has 19 heavy (non-hydrogen) atoms. The number of rotatable bonds is 4. The second kappa shape index (κ2) is 5.61. The van der Waals surface area contributed by atoms with Crippen LogP contribution in [-0.4, -0.2) is 40.3 Å². The summed E-state index contributed by atoms with van der Waals surface area (Å²) in [7, 11) is 0. The van der Waals surface area contributed by atoms with Crippen molar-refractivity contribution in [3.63, 3.8) is 0 Å². The third-order valence-electron chi connectivity index (χ3n) is 2.70. The van der Waals surface area contributed by atoms with E-state index in [4.69, 9.17) is 14.6 Å². The summed E-state index contributed by atoms with van der Waals surface area (Å²) < 4.78 is 10.6. The number of nitrogens with zero attached hydrogens (tertiary/aromatic N) is 2. The quantitative estimate of drug-likeness (QED) is 0.645. The summed E-state index contributed by atoms with van der Waals surface area (Å²) in [6.45, 7) is 1.02. The van der Waals surface area contributed by atoms with Gasteiger partial charge >= 0.3 is 11.7 Å². The number of aromatic carboxylic acids is 1. The molecule has 0 saturated carbocycles. The van der Waals surface area contributed by atoms with E-state index < -0.39 is 10.9 Å². The van der Waals surface area contributed by atoms with Gasteiger partial charge in [-0.3, -0.25) is 10.1 Å². The van der Waals surface area contributed by atoms with Crippen molar-refractivity contribution in [2.24, 2.45) is 0 Å². The highest BCUT2D eigenvalue weighted by atomic mass is 16.6. The van der Waals surface area contributed by atoms with Crippen LogP contribution in [0, 0.1) is 10.1 Å². The van der Waals surface area contributed by atoms with Gasteiger partial charge in [0.05, 0.1) is 18.1 Å². The van der Waals surface area contributed by atoms with Crippen LogP contribution >= 0.6 is 0 Å². The second-order valence-corrected chi connectivity index (χ2v) is 4.01. The summed E-state index contributed by atoms with van der Waals surface area (Å²) in [4.78, 5) is 24.7. The Labute approximate surface area is 108 Å². The molecule has 1 aromatic rings. The van der Waals surface area contributed by atoms with Gasteiger partial charge in [-0.05, 0) is 6.07 Å². The molecule has 1 N–H and O–H groups in total. The molecule has 0 aromatic carbocycles. The maximum absolute atomic E-state index is 10.9. The van der Waals surface area contributed by atoms with Crippen LogP contribution < -0.4 is 4.74 Å². The van der Waals surface area contributed by atoms with Gasteiger partial charge in [-0.15, -0.1) is 0 Å². The lowest BCUT2D eigenvalue weighted by atomic mass is 10.1. The van der Waals surface area contributed by atoms with Crippen molar-refractivity contribution in [2.75, 3.05) is 13.2 Å². The van der Waals surface area contributed by atoms with E-state index in [2.05, 4.69) is 4.98 Å². The largest absolute Gasteiger partial charge is 0.477 e. The van der Waals surface area contributed by atoms with Gasteiger partial charge in [0.2, 0.25) is 0 Å². The fourth-order valence-corrected chi connectivity index (χ4v) is 1.73. The average Bonchev–Trinajstić information content (AvgIpc) is 2.39. The highest BCUT2D eigenvalue weighted by Gasteiger charge is 2.24. The van der Waals surface area contributed by atoms with Crippen molar-refractivity contribution in [3.05, 3.63) is 27.9 Å². The summed E-state index contributed by atoms with van der Waals surface area (Å²) in [5.41, 5.74) is -0.621. The molecule has 0 radical (unpaired) electrons. The average molecular weight is 268 g/mol. The lowest BCUT2D eigenvalue weighted by Crippen LogP contribution is -2.26. The zero-order chi connectivity index (χ0) is 13.8. The van der Waals surface area contributed by atoms with Crippen molar-refractivity contribution in [3.8, 4) is 5.88 Å². The topological polar surface area (TPSA) is 112 Å².